The minimum absolute atomic E-state index is 0.252. The molecular weight excluding hydrogens is 320 g/mol. The Hall–Kier alpha value is -3.49. The van der Waals surface area contributed by atoms with Crippen LogP contribution in [0.4, 0.5) is 5.82 Å². The number of nitrogens with zero attached hydrogens (tertiary/aromatic N) is 7. The number of methoxy groups -OCH3 is 1. The Labute approximate surface area is 143 Å². The van der Waals surface area contributed by atoms with Gasteiger partial charge in [0.15, 0.2) is 5.65 Å². The molecule has 25 heavy (non-hydrogen) atoms. The van der Waals surface area contributed by atoms with Gasteiger partial charge in [0.25, 0.3) is 0 Å². The second-order valence-electron chi connectivity index (χ2n) is 5.46. The lowest BCUT2D eigenvalue weighted by atomic mass is 10.0. The lowest BCUT2D eigenvalue weighted by Gasteiger charge is -2.21. The van der Waals surface area contributed by atoms with E-state index in [0.29, 0.717) is 11.5 Å². The van der Waals surface area contributed by atoms with E-state index in [1.165, 1.54) is 4.63 Å². The van der Waals surface area contributed by atoms with Gasteiger partial charge in [0, 0.05) is 25.0 Å². The zero-order chi connectivity index (χ0) is 17.2. The monoisotopic (exact) mass is 336 g/mol. The van der Waals surface area contributed by atoms with Crippen LogP contribution < -0.4 is 10.1 Å². The van der Waals surface area contributed by atoms with E-state index in [-0.39, 0.29) is 6.04 Å². The SMILES string of the molecule is COc1ccccc1[C@@H](Nc1ccc2nnnn2n1)c1nccn1C. The van der Waals surface area contributed by atoms with E-state index < -0.39 is 0 Å². The van der Waals surface area contributed by atoms with Crippen molar-refractivity contribution in [1.82, 2.24) is 34.8 Å². The van der Waals surface area contributed by atoms with Gasteiger partial charge in [-0.25, -0.2) is 4.98 Å². The zero-order valence-electron chi connectivity index (χ0n) is 13.7. The summed E-state index contributed by atoms with van der Waals surface area (Å²) in [7, 11) is 3.60. The van der Waals surface area contributed by atoms with Crippen LogP contribution in [0.15, 0.2) is 48.8 Å². The highest BCUT2D eigenvalue weighted by molar-refractivity contribution is 5.48. The van der Waals surface area contributed by atoms with Gasteiger partial charge in [-0.15, -0.1) is 14.8 Å². The number of tetrazole rings is 1. The number of fused-ring (bicyclic) bond motifs is 1. The maximum Gasteiger partial charge on any atom is 0.200 e. The number of rotatable bonds is 5. The number of anilines is 1. The number of aryl methyl sites for hydroxylation is 1. The van der Waals surface area contributed by atoms with Crippen molar-refractivity contribution in [3.8, 4) is 5.75 Å². The number of benzene rings is 1. The summed E-state index contributed by atoms with van der Waals surface area (Å²) < 4.78 is 8.86. The maximum absolute atomic E-state index is 5.52. The van der Waals surface area contributed by atoms with Crippen LogP contribution in [0.2, 0.25) is 0 Å². The molecule has 0 fully saturated rings. The maximum atomic E-state index is 5.52. The molecular formula is C16H16N8O. The standard InChI is InChI=1S/C16H16N8O/c1-23-10-9-17-16(23)15(11-5-3-4-6-12(11)25-2)18-13-7-8-14-19-21-22-24(14)20-13/h3-10,15H,1-2H3,(H,18,20)/t15-/m1/s1. The Kier molecular flexibility index (Phi) is 3.73. The van der Waals surface area contributed by atoms with E-state index in [1.807, 2.05) is 48.1 Å². The molecule has 0 spiro atoms. The van der Waals surface area contributed by atoms with Crippen LogP contribution in [-0.4, -0.2) is 41.9 Å². The van der Waals surface area contributed by atoms with Gasteiger partial charge in [0.05, 0.1) is 7.11 Å². The van der Waals surface area contributed by atoms with Crippen molar-refractivity contribution in [2.75, 3.05) is 12.4 Å². The van der Waals surface area contributed by atoms with Gasteiger partial charge >= 0.3 is 0 Å². The summed E-state index contributed by atoms with van der Waals surface area (Å²) in [5.41, 5.74) is 1.54. The Bertz CT molecular complexity index is 1010. The van der Waals surface area contributed by atoms with Crippen LogP contribution in [-0.2, 0) is 7.05 Å². The second-order valence-corrected chi connectivity index (χ2v) is 5.46. The third-order valence-electron chi connectivity index (χ3n) is 3.93. The number of aromatic nitrogens is 7. The fraction of sp³-hybridized carbons (Fsp3) is 0.188. The van der Waals surface area contributed by atoms with Crippen molar-refractivity contribution in [3.63, 3.8) is 0 Å². The summed E-state index contributed by atoms with van der Waals surface area (Å²) in [6.45, 7) is 0. The summed E-state index contributed by atoms with van der Waals surface area (Å²) >= 11 is 0. The van der Waals surface area contributed by atoms with Gasteiger partial charge in [-0.3, -0.25) is 0 Å². The minimum atomic E-state index is -0.252. The summed E-state index contributed by atoms with van der Waals surface area (Å²) in [5.74, 6) is 2.23. The Balaban J connectivity index is 1.79. The van der Waals surface area contributed by atoms with Crippen LogP contribution in [0.1, 0.15) is 17.4 Å². The van der Waals surface area contributed by atoms with E-state index in [1.54, 1.807) is 19.4 Å². The molecule has 3 heterocycles. The van der Waals surface area contributed by atoms with Gasteiger partial charge in [-0.2, -0.15) is 0 Å². The molecule has 0 saturated heterocycles. The van der Waals surface area contributed by atoms with Gasteiger partial charge in [0.1, 0.15) is 23.4 Å². The van der Waals surface area contributed by atoms with Gasteiger partial charge in [0.2, 0.25) is 0 Å². The van der Waals surface area contributed by atoms with Crippen LogP contribution in [0, 0.1) is 0 Å². The first kappa shape index (κ1) is 15.1. The predicted octanol–water partition coefficient (Wildman–Crippen LogP) is 1.46. The molecule has 9 nitrogen and oxygen atoms in total. The highest BCUT2D eigenvalue weighted by Crippen LogP contribution is 2.31. The topological polar surface area (TPSA) is 95.1 Å². The van der Waals surface area contributed by atoms with Crippen molar-refractivity contribution >= 4 is 11.5 Å². The summed E-state index contributed by atoms with van der Waals surface area (Å²) in [5, 5.41) is 19.1. The molecule has 0 aliphatic heterocycles. The smallest absolute Gasteiger partial charge is 0.200 e. The highest BCUT2D eigenvalue weighted by atomic mass is 16.5. The van der Waals surface area contributed by atoms with Gasteiger partial charge in [-0.05, 0) is 28.6 Å². The molecule has 0 aliphatic carbocycles. The summed E-state index contributed by atoms with van der Waals surface area (Å²) in [6, 6.07) is 11.2. The second kappa shape index (κ2) is 6.19. The van der Waals surface area contributed by atoms with Gasteiger partial charge < -0.3 is 14.6 Å². The van der Waals surface area contributed by atoms with Crippen molar-refractivity contribution in [3.05, 3.63) is 60.2 Å². The predicted molar refractivity (Wildman–Crippen MR) is 90.2 cm³/mol. The number of hydrogen-bond donors (Lipinski definition) is 1. The first-order valence-corrected chi connectivity index (χ1v) is 7.68. The van der Waals surface area contributed by atoms with E-state index in [4.69, 9.17) is 4.74 Å². The molecule has 0 bridgehead atoms. The molecule has 0 unspecified atom stereocenters. The van der Waals surface area contributed by atoms with E-state index in [0.717, 1.165) is 17.1 Å². The van der Waals surface area contributed by atoms with Crippen molar-refractivity contribution in [1.29, 1.82) is 0 Å². The van der Waals surface area contributed by atoms with Crippen molar-refractivity contribution < 1.29 is 4.74 Å². The molecule has 0 aliphatic rings. The number of hydrogen-bond acceptors (Lipinski definition) is 7. The Morgan fingerprint density at radius 2 is 2.04 bits per heavy atom. The number of para-hydroxylation sites is 1. The molecule has 1 N–H and O–H groups in total. The molecule has 1 atom stereocenters. The molecule has 0 saturated carbocycles. The molecule has 4 aromatic rings. The largest absolute Gasteiger partial charge is 0.496 e. The van der Waals surface area contributed by atoms with E-state index >= 15 is 0 Å². The summed E-state index contributed by atoms with van der Waals surface area (Å²) in [6.07, 6.45) is 3.66. The third kappa shape index (κ3) is 2.75. The minimum Gasteiger partial charge on any atom is -0.496 e. The first-order chi connectivity index (χ1) is 12.3. The Morgan fingerprint density at radius 1 is 1.16 bits per heavy atom. The number of imidazole rings is 1. The zero-order valence-corrected chi connectivity index (χ0v) is 13.7. The van der Waals surface area contributed by atoms with Crippen molar-refractivity contribution in [2.45, 2.75) is 6.04 Å². The molecule has 0 radical (unpaired) electrons. The van der Waals surface area contributed by atoms with E-state index in [2.05, 4.69) is 30.9 Å². The van der Waals surface area contributed by atoms with Gasteiger partial charge in [-0.1, -0.05) is 18.2 Å². The molecule has 126 valence electrons. The van der Waals surface area contributed by atoms with Crippen molar-refractivity contribution in [2.24, 2.45) is 7.05 Å². The van der Waals surface area contributed by atoms with Crippen LogP contribution in [0.3, 0.4) is 0 Å². The summed E-state index contributed by atoms with van der Waals surface area (Å²) in [4.78, 5) is 4.49. The van der Waals surface area contributed by atoms with E-state index in [9.17, 15) is 0 Å². The highest BCUT2D eigenvalue weighted by Gasteiger charge is 2.22. The lowest BCUT2D eigenvalue weighted by Crippen LogP contribution is -2.18. The normalized spacial score (nSPS) is 12.2. The molecule has 1 aromatic carbocycles. The average Bonchev–Trinajstić information content (AvgIpc) is 3.28. The molecule has 0 amide bonds. The number of nitrogens with one attached hydrogen (secondary N) is 1. The molecule has 3 aromatic heterocycles. The van der Waals surface area contributed by atoms with Crippen LogP contribution >= 0.6 is 0 Å². The fourth-order valence-electron chi connectivity index (χ4n) is 2.72. The lowest BCUT2D eigenvalue weighted by molar-refractivity contribution is 0.408. The van der Waals surface area contributed by atoms with Crippen LogP contribution in [0.5, 0.6) is 5.75 Å². The van der Waals surface area contributed by atoms with Crippen LogP contribution in [0.25, 0.3) is 5.65 Å². The number of ether oxygens (including phenoxy) is 1. The Morgan fingerprint density at radius 3 is 2.84 bits per heavy atom. The first-order valence-electron chi connectivity index (χ1n) is 7.68. The fourth-order valence-corrected chi connectivity index (χ4v) is 2.72. The molecule has 4 rings (SSSR count). The average molecular weight is 336 g/mol. The quantitative estimate of drug-likeness (QED) is 0.589. The third-order valence-corrected chi connectivity index (χ3v) is 3.93. The molecule has 9 heteroatoms.